The second-order valence-corrected chi connectivity index (χ2v) is 7.96. The molecule has 0 bridgehead atoms. The summed E-state index contributed by atoms with van der Waals surface area (Å²) >= 11 is 0. The Balaban J connectivity index is 1.68. The number of hydrogen-bond acceptors (Lipinski definition) is 2. The Morgan fingerprint density at radius 1 is 0.960 bits per heavy atom. The molecule has 3 rings (SSSR count). The van der Waals surface area contributed by atoms with E-state index >= 15 is 0 Å². The maximum absolute atomic E-state index is 12.9. The number of nitrogens with zero attached hydrogens (tertiary/aromatic N) is 2. The molecule has 1 aliphatic rings. The highest BCUT2D eigenvalue weighted by molar-refractivity contribution is 5.94. The quantitative estimate of drug-likeness (QED) is 0.815. The van der Waals surface area contributed by atoms with Crippen molar-refractivity contribution in [2.24, 2.45) is 0 Å². The number of rotatable bonds is 2. The number of carbonyl (C=O) groups excluding carboxylic acids is 1. The first kappa shape index (κ1) is 17.5. The number of benzene rings is 2. The van der Waals surface area contributed by atoms with E-state index in [-0.39, 0.29) is 11.3 Å². The van der Waals surface area contributed by atoms with Crippen molar-refractivity contribution in [3.05, 3.63) is 65.7 Å². The van der Waals surface area contributed by atoms with E-state index in [0.717, 1.165) is 25.2 Å². The van der Waals surface area contributed by atoms with Gasteiger partial charge in [-0.15, -0.1) is 0 Å². The third-order valence-electron chi connectivity index (χ3n) is 5.00. The lowest BCUT2D eigenvalue weighted by molar-refractivity contribution is 0.0726. The van der Waals surface area contributed by atoms with Gasteiger partial charge in [-0.3, -0.25) is 4.79 Å². The minimum Gasteiger partial charge on any atom is -0.365 e. The highest BCUT2D eigenvalue weighted by Gasteiger charge is 2.27. The molecule has 0 saturated carbocycles. The molecular formula is C22H28N2O. The van der Waals surface area contributed by atoms with Gasteiger partial charge < -0.3 is 9.80 Å². The van der Waals surface area contributed by atoms with Gasteiger partial charge in [-0.25, -0.2) is 0 Å². The fourth-order valence-electron chi connectivity index (χ4n) is 3.44. The maximum atomic E-state index is 12.9. The third kappa shape index (κ3) is 3.87. The van der Waals surface area contributed by atoms with Gasteiger partial charge in [0, 0.05) is 36.9 Å². The first-order chi connectivity index (χ1) is 11.9. The van der Waals surface area contributed by atoms with E-state index in [1.54, 1.807) is 0 Å². The van der Waals surface area contributed by atoms with E-state index < -0.39 is 0 Å². The summed E-state index contributed by atoms with van der Waals surface area (Å²) in [5, 5.41) is 0. The Morgan fingerprint density at radius 2 is 1.60 bits per heavy atom. The largest absolute Gasteiger partial charge is 0.365 e. The normalized spacial score (nSPS) is 18.3. The van der Waals surface area contributed by atoms with Gasteiger partial charge in [-0.1, -0.05) is 51.1 Å². The van der Waals surface area contributed by atoms with Crippen molar-refractivity contribution >= 4 is 11.6 Å². The van der Waals surface area contributed by atoms with Gasteiger partial charge >= 0.3 is 0 Å². The van der Waals surface area contributed by atoms with Gasteiger partial charge in [-0.05, 0) is 42.2 Å². The van der Waals surface area contributed by atoms with E-state index in [0.29, 0.717) is 6.04 Å². The van der Waals surface area contributed by atoms with Crippen LogP contribution in [0, 0.1) is 0 Å². The van der Waals surface area contributed by atoms with Gasteiger partial charge in [0.15, 0.2) is 0 Å². The summed E-state index contributed by atoms with van der Waals surface area (Å²) in [6, 6.07) is 18.9. The highest BCUT2D eigenvalue weighted by atomic mass is 16.2. The molecule has 1 fully saturated rings. The van der Waals surface area contributed by atoms with Crippen LogP contribution in [-0.4, -0.2) is 36.5 Å². The molecule has 2 aromatic rings. The zero-order chi connectivity index (χ0) is 18.0. The van der Waals surface area contributed by atoms with Crippen molar-refractivity contribution in [3.63, 3.8) is 0 Å². The summed E-state index contributed by atoms with van der Waals surface area (Å²) in [4.78, 5) is 17.2. The average molecular weight is 336 g/mol. The maximum Gasteiger partial charge on any atom is 0.253 e. The number of anilines is 1. The first-order valence-corrected chi connectivity index (χ1v) is 9.08. The summed E-state index contributed by atoms with van der Waals surface area (Å²) in [6.07, 6.45) is 0. The molecule has 0 N–H and O–H groups in total. The molecule has 1 unspecified atom stereocenters. The molecule has 1 heterocycles. The molecule has 1 saturated heterocycles. The van der Waals surface area contributed by atoms with Crippen molar-refractivity contribution < 1.29 is 4.79 Å². The predicted octanol–water partition coefficient (Wildman–Crippen LogP) is 4.34. The Hall–Kier alpha value is -2.29. The van der Waals surface area contributed by atoms with Gasteiger partial charge in [0.25, 0.3) is 5.91 Å². The van der Waals surface area contributed by atoms with Gasteiger partial charge in [0.05, 0.1) is 0 Å². The molecule has 2 aromatic carbocycles. The molecule has 3 nitrogen and oxygen atoms in total. The number of hydrogen-bond donors (Lipinski definition) is 0. The third-order valence-corrected chi connectivity index (χ3v) is 5.00. The number of carbonyl (C=O) groups is 1. The SMILES string of the molecule is CC1CN(C(=O)c2ccc(C(C)(C)C)cc2)CCN1c1ccccc1. The Kier molecular flexibility index (Phi) is 4.85. The second kappa shape index (κ2) is 6.91. The van der Waals surface area contributed by atoms with E-state index in [1.165, 1.54) is 11.3 Å². The fraction of sp³-hybridized carbons (Fsp3) is 0.409. The molecule has 1 atom stereocenters. The molecule has 25 heavy (non-hydrogen) atoms. The minimum atomic E-state index is 0.109. The molecule has 3 heteroatoms. The van der Waals surface area contributed by atoms with Crippen molar-refractivity contribution in [1.82, 2.24) is 4.90 Å². The number of piperazine rings is 1. The molecule has 0 spiro atoms. The second-order valence-electron chi connectivity index (χ2n) is 7.96. The average Bonchev–Trinajstić information content (AvgIpc) is 2.61. The van der Waals surface area contributed by atoms with Crippen LogP contribution in [0.25, 0.3) is 0 Å². The molecule has 1 aliphatic heterocycles. The van der Waals surface area contributed by atoms with Crippen LogP contribution < -0.4 is 4.90 Å². The predicted molar refractivity (Wildman–Crippen MR) is 104 cm³/mol. The van der Waals surface area contributed by atoms with E-state index in [9.17, 15) is 4.79 Å². The molecule has 1 amide bonds. The van der Waals surface area contributed by atoms with Crippen LogP contribution >= 0.6 is 0 Å². The molecule has 0 aliphatic carbocycles. The standard InChI is InChI=1S/C22H28N2O/c1-17-16-23(14-15-24(17)20-8-6-5-7-9-20)21(25)18-10-12-19(13-11-18)22(2,3)4/h5-13,17H,14-16H2,1-4H3. The van der Waals surface area contributed by atoms with Crippen molar-refractivity contribution in [1.29, 1.82) is 0 Å². The lowest BCUT2D eigenvalue weighted by atomic mass is 9.86. The van der Waals surface area contributed by atoms with E-state index in [1.807, 2.05) is 23.1 Å². The zero-order valence-electron chi connectivity index (χ0n) is 15.7. The monoisotopic (exact) mass is 336 g/mol. The summed E-state index contributed by atoms with van der Waals surface area (Å²) in [6.45, 7) is 11.1. The number of amides is 1. The highest BCUT2D eigenvalue weighted by Crippen LogP contribution is 2.24. The van der Waals surface area contributed by atoms with Crippen molar-refractivity contribution in [2.75, 3.05) is 24.5 Å². The van der Waals surface area contributed by atoms with Crippen LogP contribution in [0.3, 0.4) is 0 Å². The topological polar surface area (TPSA) is 23.6 Å². The van der Waals surface area contributed by atoms with Gasteiger partial charge in [-0.2, -0.15) is 0 Å². The summed E-state index contributed by atoms with van der Waals surface area (Å²) in [5.41, 5.74) is 3.38. The Labute approximate surface area is 151 Å². The Morgan fingerprint density at radius 3 is 2.16 bits per heavy atom. The fourth-order valence-corrected chi connectivity index (χ4v) is 3.44. The zero-order valence-corrected chi connectivity index (χ0v) is 15.7. The van der Waals surface area contributed by atoms with Crippen LogP contribution in [-0.2, 0) is 5.41 Å². The molecule has 0 radical (unpaired) electrons. The van der Waals surface area contributed by atoms with Crippen LogP contribution in [0.1, 0.15) is 43.6 Å². The minimum absolute atomic E-state index is 0.109. The molecular weight excluding hydrogens is 308 g/mol. The van der Waals surface area contributed by atoms with Crippen LogP contribution in [0.15, 0.2) is 54.6 Å². The summed E-state index contributed by atoms with van der Waals surface area (Å²) in [7, 11) is 0. The lowest BCUT2D eigenvalue weighted by Gasteiger charge is -2.41. The smallest absolute Gasteiger partial charge is 0.253 e. The van der Waals surface area contributed by atoms with Crippen LogP contribution in [0.4, 0.5) is 5.69 Å². The number of para-hydroxylation sites is 1. The Bertz CT molecular complexity index is 716. The molecule has 0 aromatic heterocycles. The van der Waals surface area contributed by atoms with Crippen LogP contribution in [0.2, 0.25) is 0 Å². The van der Waals surface area contributed by atoms with Crippen LogP contribution in [0.5, 0.6) is 0 Å². The van der Waals surface area contributed by atoms with Crippen molar-refractivity contribution in [3.8, 4) is 0 Å². The summed E-state index contributed by atoms with van der Waals surface area (Å²) < 4.78 is 0. The molecule has 132 valence electrons. The van der Waals surface area contributed by atoms with E-state index in [4.69, 9.17) is 0 Å². The van der Waals surface area contributed by atoms with Gasteiger partial charge in [0.1, 0.15) is 0 Å². The van der Waals surface area contributed by atoms with Crippen molar-refractivity contribution in [2.45, 2.75) is 39.2 Å². The van der Waals surface area contributed by atoms with E-state index in [2.05, 4.69) is 69.0 Å². The lowest BCUT2D eigenvalue weighted by Crippen LogP contribution is -2.53. The summed E-state index contributed by atoms with van der Waals surface area (Å²) in [5.74, 6) is 0.139. The first-order valence-electron chi connectivity index (χ1n) is 9.08. The van der Waals surface area contributed by atoms with Gasteiger partial charge in [0.2, 0.25) is 0 Å².